The number of carbonyl (C=O) groups is 2. The van der Waals surface area contributed by atoms with Crippen LogP contribution in [0.4, 0.5) is 0 Å². The van der Waals surface area contributed by atoms with Crippen molar-refractivity contribution >= 4 is 35.1 Å². The van der Waals surface area contributed by atoms with Crippen LogP contribution in [0.15, 0.2) is 53.9 Å². The first-order chi connectivity index (χ1) is 16.5. The van der Waals surface area contributed by atoms with E-state index >= 15 is 0 Å². The number of halogens is 1. The molecule has 0 radical (unpaired) electrons. The van der Waals surface area contributed by atoms with Crippen molar-refractivity contribution in [1.82, 2.24) is 24.6 Å². The number of ketones is 1. The molecular weight excluding hydrogens is 470 g/mol. The molecule has 0 bridgehead atoms. The Morgan fingerprint density at radius 1 is 1.21 bits per heavy atom. The molecule has 2 heterocycles. The van der Waals surface area contributed by atoms with Gasteiger partial charge in [-0.3, -0.25) is 19.1 Å². The first-order valence-electron chi connectivity index (χ1n) is 11.6. The van der Waals surface area contributed by atoms with E-state index in [0.717, 1.165) is 37.1 Å². The summed E-state index contributed by atoms with van der Waals surface area (Å²) in [4.78, 5) is 32.6. The molecule has 0 spiro atoms. The Hall–Kier alpha value is -2.71. The number of rotatable bonds is 7. The maximum absolute atomic E-state index is 13.5. The van der Waals surface area contributed by atoms with Gasteiger partial charge < -0.3 is 4.90 Å². The van der Waals surface area contributed by atoms with Crippen LogP contribution in [0.3, 0.4) is 0 Å². The van der Waals surface area contributed by atoms with E-state index in [4.69, 9.17) is 11.6 Å². The molecule has 176 valence electrons. The summed E-state index contributed by atoms with van der Waals surface area (Å²) in [5.41, 5.74) is 0.587. The van der Waals surface area contributed by atoms with E-state index in [-0.39, 0.29) is 17.4 Å². The number of hydrogen-bond donors (Lipinski definition) is 0. The van der Waals surface area contributed by atoms with Gasteiger partial charge in [0.25, 0.3) is 0 Å². The summed E-state index contributed by atoms with van der Waals surface area (Å²) in [5.74, 6) is 0.850. The Bertz CT molecular complexity index is 1210. The molecule has 3 aromatic rings. The van der Waals surface area contributed by atoms with Crippen LogP contribution in [-0.2, 0) is 15.1 Å². The minimum atomic E-state index is -1.03. The summed E-state index contributed by atoms with van der Waals surface area (Å²) in [6.45, 7) is 0. The van der Waals surface area contributed by atoms with Crippen LogP contribution in [0.1, 0.15) is 50.1 Å². The highest BCUT2D eigenvalue weighted by Crippen LogP contribution is 2.43. The Balaban J connectivity index is 1.40. The van der Waals surface area contributed by atoms with Gasteiger partial charge in [0, 0.05) is 48.1 Å². The average Bonchev–Trinajstić information content (AvgIpc) is 3.62. The van der Waals surface area contributed by atoms with Gasteiger partial charge >= 0.3 is 0 Å². The predicted octanol–water partition coefficient (Wildman–Crippen LogP) is 4.92. The van der Waals surface area contributed by atoms with Gasteiger partial charge in [-0.15, -0.1) is 10.2 Å². The van der Waals surface area contributed by atoms with E-state index in [2.05, 4.69) is 19.7 Å². The number of benzene rings is 1. The van der Waals surface area contributed by atoms with Crippen LogP contribution in [-0.4, -0.2) is 49.1 Å². The predicted molar refractivity (Wildman–Crippen MR) is 132 cm³/mol. The zero-order valence-corrected chi connectivity index (χ0v) is 20.6. The first-order valence-corrected chi connectivity index (χ1v) is 12.9. The number of likely N-dealkylation sites (N-methyl/N-ethyl adjacent to an activating group) is 1. The smallest absolute Gasteiger partial charge is 0.233 e. The second-order valence-corrected chi connectivity index (χ2v) is 10.2. The number of pyridine rings is 1. The summed E-state index contributed by atoms with van der Waals surface area (Å²) >= 11 is 7.90. The summed E-state index contributed by atoms with van der Waals surface area (Å²) < 4.78 is 2.12. The zero-order valence-electron chi connectivity index (χ0n) is 19.0. The molecule has 2 aromatic heterocycles. The first kappa shape index (κ1) is 23.1. The van der Waals surface area contributed by atoms with Crippen LogP contribution in [0.5, 0.6) is 0 Å². The third kappa shape index (κ3) is 4.14. The Morgan fingerprint density at radius 2 is 2.03 bits per heavy atom. The second-order valence-electron chi connectivity index (χ2n) is 8.86. The third-order valence-corrected chi connectivity index (χ3v) is 8.00. The van der Waals surface area contributed by atoms with Gasteiger partial charge in [0.1, 0.15) is 5.54 Å². The fraction of sp³-hybridized carbons (Fsp3) is 0.400. The highest BCUT2D eigenvalue weighted by atomic mass is 35.5. The molecule has 7 nitrogen and oxygen atoms in total. The van der Waals surface area contributed by atoms with Crippen molar-refractivity contribution in [2.75, 3.05) is 12.8 Å². The summed E-state index contributed by atoms with van der Waals surface area (Å²) in [5, 5.41) is 10.0. The third-order valence-electron chi connectivity index (χ3n) is 6.74. The van der Waals surface area contributed by atoms with Crippen LogP contribution < -0.4 is 0 Å². The topological polar surface area (TPSA) is 81.0 Å². The zero-order chi connectivity index (χ0) is 23.7. The average molecular weight is 496 g/mol. The fourth-order valence-electron chi connectivity index (χ4n) is 4.79. The molecule has 1 amide bonds. The Labute approximate surface area is 207 Å². The van der Waals surface area contributed by atoms with E-state index in [1.807, 2.05) is 30.3 Å². The molecule has 2 saturated carbocycles. The van der Waals surface area contributed by atoms with Crippen molar-refractivity contribution in [3.05, 3.63) is 59.4 Å². The maximum atomic E-state index is 13.5. The number of amides is 1. The van der Waals surface area contributed by atoms with E-state index < -0.39 is 5.54 Å². The normalized spacial score (nSPS) is 20.4. The lowest BCUT2D eigenvalue weighted by Crippen LogP contribution is -2.54. The minimum Gasteiger partial charge on any atom is -0.328 e. The minimum absolute atomic E-state index is 0.0488. The summed E-state index contributed by atoms with van der Waals surface area (Å²) in [7, 11) is 1.72. The molecule has 0 aliphatic heterocycles. The highest BCUT2D eigenvalue weighted by Gasteiger charge is 2.47. The number of thioether (sulfide) groups is 1. The standard InChI is InChI=1S/C25H26ClN5O2S/c1-30(25(13-5-4-10-21(25)32)19-8-2-3-9-20(19)26)22(33)16-34-24-29-28-23(31(24)18-11-12-18)17-7-6-14-27-15-17/h2-3,6-9,14-15,18H,4-5,10-13,16H2,1H3/t25-/m1/s1. The van der Waals surface area contributed by atoms with Crippen molar-refractivity contribution < 1.29 is 9.59 Å². The van der Waals surface area contributed by atoms with Gasteiger partial charge in [0.2, 0.25) is 5.91 Å². The molecule has 2 aliphatic rings. The molecule has 34 heavy (non-hydrogen) atoms. The lowest BCUT2D eigenvalue weighted by Gasteiger charge is -2.44. The van der Waals surface area contributed by atoms with Crippen molar-refractivity contribution in [2.45, 2.75) is 55.3 Å². The van der Waals surface area contributed by atoms with Crippen LogP contribution in [0.25, 0.3) is 11.4 Å². The van der Waals surface area contributed by atoms with E-state index in [9.17, 15) is 9.59 Å². The number of nitrogens with zero attached hydrogens (tertiary/aromatic N) is 5. The van der Waals surface area contributed by atoms with Crippen molar-refractivity contribution in [2.24, 2.45) is 0 Å². The fourth-order valence-corrected chi connectivity index (χ4v) is 6.01. The van der Waals surface area contributed by atoms with Gasteiger partial charge in [0.05, 0.1) is 5.75 Å². The lowest BCUT2D eigenvalue weighted by atomic mass is 9.74. The summed E-state index contributed by atoms with van der Waals surface area (Å²) in [6, 6.07) is 11.5. The molecule has 2 aliphatic carbocycles. The highest BCUT2D eigenvalue weighted by molar-refractivity contribution is 7.99. The SMILES string of the molecule is CN(C(=O)CSc1nnc(-c2cccnc2)n1C1CC1)[C@@]1(c2ccccc2Cl)CCCCC1=O. The molecule has 1 atom stereocenters. The van der Waals surface area contributed by atoms with Gasteiger partial charge in [-0.05, 0) is 50.3 Å². The number of carbonyl (C=O) groups excluding carboxylic acids is 2. The number of aromatic nitrogens is 4. The molecule has 9 heteroatoms. The molecule has 5 rings (SSSR count). The van der Waals surface area contributed by atoms with Crippen LogP contribution >= 0.6 is 23.4 Å². The van der Waals surface area contributed by atoms with Gasteiger partial charge in [-0.2, -0.15) is 0 Å². The van der Waals surface area contributed by atoms with Crippen molar-refractivity contribution in [3.63, 3.8) is 0 Å². The quantitative estimate of drug-likeness (QED) is 0.433. The van der Waals surface area contributed by atoms with Crippen LogP contribution in [0.2, 0.25) is 5.02 Å². The maximum Gasteiger partial charge on any atom is 0.233 e. The molecule has 1 aromatic carbocycles. The molecule has 2 fully saturated rings. The molecule has 0 saturated heterocycles. The van der Waals surface area contributed by atoms with Crippen molar-refractivity contribution in [1.29, 1.82) is 0 Å². The lowest BCUT2D eigenvalue weighted by molar-refractivity contribution is -0.146. The van der Waals surface area contributed by atoms with Crippen molar-refractivity contribution in [3.8, 4) is 11.4 Å². The molecular formula is C25H26ClN5O2S. The van der Waals surface area contributed by atoms with Gasteiger partial charge in [-0.1, -0.05) is 41.6 Å². The van der Waals surface area contributed by atoms with E-state index in [0.29, 0.717) is 34.6 Å². The molecule has 0 unspecified atom stereocenters. The number of hydrogen-bond acceptors (Lipinski definition) is 6. The summed E-state index contributed by atoms with van der Waals surface area (Å²) in [6.07, 6.45) is 8.36. The van der Waals surface area contributed by atoms with Gasteiger partial charge in [0.15, 0.2) is 16.8 Å². The largest absolute Gasteiger partial charge is 0.328 e. The van der Waals surface area contributed by atoms with E-state index in [1.54, 1.807) is 30.4 Å². The molecule has 0 N–H and O–H groups in total. The van der Waals surface area contributed by atoms with Crippen LogP contribution in [0, 0.1) is 0 Å². The van der Waals surface area contributed by atoms with Gasteiger partial charge in [-0.25, -0.2) is 0 Å². The monoisotopic (exact) mass is 495 g/mol. The second kappa shape index (κ2) is 9.50. The Morgan fingerprint density at radius 3 is 2.74 bits per heavy atom. The number of Topliss-reactive ketones (excluding diaryl/α,β-unsaturated/α-hetero) is 1. The van der Waals surface area contributed by atoms with E-state index in [1.165, 1.54) is 11.8 Å². The Kier molecular flexibility index (Phi) is 6.44.